The van der Waals surface area contributed by atoms with Gasteiger partial charge in [0.15, 0.2) is 13.1 Å². The highest BCUT2D eigenvalue weighted by molar-refractivity contribution is 4.73. The third kappa shape index (κ3) is 17.8. The maximum atomic E-state index is 5.68. The van der Waals surface area contributed by atoms with E-state index in [0.717, 1.165) is 51.9 Å². The van der Waals surface area contributed by atoms with Crippen LogP contribution in [-0.2, 0) is 18.9 Å². The fraction of sp³-hybridized carbons (Fsp3) is 0.900. The molecule has 0 aliphatic rings. The van der Waals surface area contributed by atoms with Gasteiger partial charge in [-0.25, -0.2) is 0 Å². The summed E-state index contributed by atoms with van der Waals surface area (Å²) in [5.41, 5.74) is 0. The Morgan fingerprint density at radius 2 is 1.42 bits per heavy atom. The minimum absolute atomic E-state index is 0.0986. The van der Waals surface area contributed by atoms with Crippen LogP contribution in [0, 0.1) is 0 Å². The third-order valence-electron chi connectivity index (χ3n) is 3.57. The Labute approximate surface area is 149 Å². The first-order valence-electron chi connectivity index (χ1n) is 9.92. The van der Waals surface area contributed by atoms with Crippen LogP contribution in [0.25, 0.3) is 0 Å². The fourth-order valence-electron chi connectivity index (χ4n) is 2.21. The van der Waals surface area contributed by atoms with Gasteiger partial charge < -0.3 is 18.9 Å². The van der Waals surface area contributed by atoms with E-state index in [2.05, 4.69) is 20.8 Å². The van der Waals surface area contributed by atoms with Crippen molar-refractivity contribution in [3.8, 4) is 0 Å². The van der Waals surface area contributed by atoms with Gasteiger partial charge in [0.25, 0.3) is 0 Å². The van der Waals surface area contributed by atoms with E-state index < -0.39 is 0 Å². The lowest BCUT2D eigenvalue weighted by molar-refractivity contribution is -0.145. The predicted molar refractivity (Wildman–Crippen MR) is 99.9 cm³/mol. The van der Waals surface area contributed by atoms with Gasteiger partial charge in [-0.05, 0) is 31.8 Å². The van der Waals surface area contributed by atoms with Crippen molar-refractivity contribution < 1.29 is 18.9 Å². The molecule has 0 radical (unpaired) electrons. The van der Waals surface area contributed by atoms with Crippen molar-refractivity contribution in [3.63, 3.8) is 0 Å². The largest absolute Gasteiger partial charge is 0.475 e. The third-order valence-corrected chi connectivity index (χ3v) is 3.57. The molecule has 0 aromatic heterocycles. The number of allylic oxidation sites excluding steroid dienone is 1. The normalized spacial score (nSPS) is 11.7. The van der Waals surface area contributed by atoms with Crippen LogP contribution in [0.3, 0.4) is 0 Å². The van der Waals surface area contributed by atoms with Crippen molar-refractivity contribution in [2.75, 3.05) is 26.6 Å². The number of rotatable bonds is 19. The van der Waals surface area contributed by atoms with Crippen LogP contribution in [0.5, 0.6) is 0 Å². The minimum atomic E-state index is -0.0986. The molecule has 0 aromatic carbocycles. The lowest BCUT2D eigenvalue weighted by atomic mass is 10.1. The van der Waals surface area contributed by atoms with E-state index >= 15 is 0 Å². The summed E-state index contributed by atoms with van der Waals surface area (Å²) in [6, 6.07) is 0. The van der Waals surface area contributed by atoms with E-state index in [1.54, 1.807) is 6.26 Å². The summed E-state index contributed by atoms with van der Waals surface area (Å²) in [5.74, 6) is 0. The highest BCUT2D eigenvalue weighted by atomic mass is 16.7. The van der Waals surface area contributed by atoms with Gasteiger partial charge in [-0.15, -0.1) is 0 Å². The summed E-state index contributed by atoms with van der Waals surface area (Å²) in [6.07, 6.45) is 15.1. The van der Waals surface area contributed by atoms with Gasteiger partial charge in [-0.1, -0.05) is 52.9 Å². The molecule has 0 N–H and O–H groups in total. The molecular formula is C20H40O4. The Morgan fingerprint density at radius 1 is 0.750 bits per heavy atom. The van der Waals surface area contributed by atoms with E-state index in [4.69, 9.17) is 18.9 Å². The second kappa shape index (κ2) is 20.5. The molecule has 0 amide bonds. The molecule has 0 bridgehead atoms. The van der Waals surface area contributed by atoms with Crippen LogP contribution < -0.4 is 0 Å². The van der Waals surface area contributed by atoms with Crippen molar-refractivity contribution in [2.24, 2.45) is 0 Å². The first-order valence-corrected chi connectivity index (χ1v) is 9.92. The summed E-state index contributed by atoms with van der Waals surface area (Å²) in [4.78, 5) is 0. The topological polar surface area (TPSA) is 36.9 Å². The molecule has 0 aromatic rings. The first-order chi connectivity index (χ1) is 11.8. The Hall–Kier alpha value is -0.580. The van der Waals surface area contributed by atoms with E-state index in [-0.39, 0.29) is 6.29 Å². The zero-order valence-corrected chi connectivity index (χ0v) is 16.3. The molecule has 4 nitrogen and oxygen atoms in total. The maximum Gasteiger partial charge on any atom is 0.188 e. The van der Waals surface area contributed by atoms with Gasteiger partial charge in [0.2, 0.25) is 0 Å². The van der Waals surface area contributed by atoms with Crippen LogP contribution in [-0.4, -0.2) is 32.9 Å². The number of hydrogen-bond acceptors (Lipinski definition) is 4. The molecule has 4 heteroatoms. The van der Waals surface area contributed by atoms with Gasteiger partial charge in [-0.3, -0.25) is 0 Å². The van der Waals surface area contributed by atoms with E-state index in [9.17, 15) is 0 Å². The second-order valence-electron chi connectivity index (χ2n) is 6.08. The van der Waals surface area contributed by atoms with E-state index in [1.807, 2.05) is 6.08 Å². The number of hydrogen-bond donors (Lipinski definition) is 0. The summed E-state index contributed by atoms with van der Waals surface area (Å²) in [5, 5.41) is 0. The first kappa shape index (κ1) is 23.4. The zero-order valence-electron chi connectivity index (χ0n) is 16.3. The zero-order chi connectivity index (χ0) is 17.7. The highest BCUT2D eigenvalue weighted by Crippen LogP contribution is 2.07. The molecule has 0 rings (SSSR count). The molecule has 24 heavy (non-hydrogen) atoms. The van der Waals surface area contributed by atoms with Crippen LogP contribution in [0.2, 0.25) is 0 Å². The monoisotopic (exact) mass is 344 g/mol. The average molecular weight is 345 g/mol. The lowest BCUT2D eigenvalue weighted by Crippen LogP contribution is -2.18. The van der Waals surface area contributed by atoms with Crippen LogP contribution in [0.4, 0.5) is 0 Å². The molecular weight excluding hydrogens is 304 g/mol. The van der Waals surface area contributed by atoms with Crippen molar-refractivity contribution in [1.29, 1.82) is 0 Å². The predicted octanol–water partition coefficient (Wildman–Crippen LogP) is 5.81. The Balaban J connectivity index is 3.42. The molecule has 0 heterocycles. The van der Waals surface area contributed by atoms with Gasteiger partial charge >= 0.3 is 0 Å². The standard InChI is InChI=1S/C20H40O4/c1-4-7-8-9-10-12-17-21-19-22-18-13-11-14-20(23-15-5-2)24-16-6-3/h13,18,20H,4-12,14-17,19H2,1-3H3. The molecule has 0 atom stereocenters. The summed E-state index contributed by atoms with van der Waals surface area (Å²) in [6.45, 7) is 9.09. The number of ether oxygens (including phenoxy) is 4. The quantitative estimate of drug-likeness (QED) is 0.168. The van der Waals surface area contributed by atoms with Crippen LogP contribution in [0.15, 0.2) is 12.3 Å². The molecule has 0 unspecified atom stereocenters. The maximum absolute atomic E-state index is 5.68. The van der Waals surface area contributed by atoms with E-state index in [1.165, 1.54) is 32.1 Å². The minimum Gasteiger partial charge on any atom is -0.475 e. The average Bonchev–Trinajstić information content (AvgIpc) is 2.60. The molecule has 0 aliphatic carbocycles. The molecule has 0 saturated carbocycles. The van der Waals surface area contributed by atoms with Crippen molar-refractivity contribution in [1.82, 2.24) is 0 Å². The molecule has 144 valence electrons. The molecule has 0 spiro atoms. The summed E-state index contributed by atoms with van der Waals surface area (Å²) in [7, 11) is 0. The van der Waals surface area contributed by atoms with Gasteiger partial charge in [0.1, 0.15) is 0 Å². The smallest absolute Gasteiger partial charge is 0.188 e. The van der Waals surface area contributed by atoms with Crippen LogP contribution in [0.1, 0.15) is 85.0 Å². The summed E-state index contributed by atoms with van der Waals surface area (Å²) >= 11 is 0. The van der Waals surface area contributed by atoms with Gasteiger partial charge in [0.05, 0.1) is 12.9 Å². The number of unbranched alkanes of at least 4 members (excludes halogenated alkanes) is 5. The molecule has 0 saturated heterocycles. The Morgan fingerprint density at radius 3 is 2.08 bits per heavy atom. The van der Waals surface area contributed by atoms with E-state index in [0.29, 0.717) is 6.79 Å². The van der Waals surface area contributed by atoms with Crippen LogP contribution >= 0.6 is 0 Å². The second-order valence-corrected chi connectivity index (χ2v) is 6.08. The molecule has 0 fully saturated rings. The Bertz CT molecular complexity index is 248. The van der Waals surface area contributed by atoms with Gasteiger partial charge in [-0.2, -0.15) is 0 Å². The fourth-order valence-corrected chi connectivity index (χ4v) is 2.21. The lowest BCUT2D eigenvalue weighted by Gasteiger charge is -2.17. The summed E-state index contributed by atoms with van der Waals surface area (Å²) < 4.78 is 22.1. The van der Waals surface area contributed by atoms with Gasteiger partial charge in [0, 0.05) is 19.6 Å². The van der Waals surface area contributed by atoms with Crippen molar-refractivity contribution in [2.45, 2.75) is 91.3 Å². The molecule has 0 aliphatic heterocycles. The van der Waals surface area contributed by atoms with Crippen molar-refractivity contribution >= 4 is 0 Å². The van der Waals surface area contributed by atoms with Crippen molar-refractivity contribution in [3.05, 3.63) is 12.3 Å². The Kier molecular flexibility index (Phi) is 20.0. The SMILES string of the molecule is CCCCCCCCOCOC=CCCC(OCCC)OCCC. The highest BCUT2D eigenvalue weighted by Gasteiger charge is 2.07.